The van der Waals surface area contributed by atoms with Gasteiger partial charge in [0.2, 0.25) is 0 Å². The van der Waals surface area contributed by atoms with E-state index in [1.54, 1.807) is 6.07 Å². The molecule has 1 nitrogen and oxygen atoms in total. The lowest BCUT2D eigenvalue weighted by Crippen LogP contribution is -2.26. The molecule has 0 atom stereocenters. The van der Waals surface area contributed by atoms with Crippen molar-refractivity contribution in [2.75, 3.05) is 4.90 Å². The number of hydrogen-bond donors (Lipinski definition) is 0. The fourth-order valence-electron chi connectivity index (χ4n) is 8.42. The monoisotopic (exact) mass is 601 g/mol. The van der Waals surface area contributed by atoms with Crippen LogP contribution in [0, 0.1) is 5.82 Å². The number of fused-ring (bicyclic) bond motifs is 13. The lowest BCUT2D eigenvalue weighted by Gasteiger charge is -2.32. The lowest BCUT2D eigenvalue weighted by molar-refractivity contribution is 0.629. The van der Waals surface area contributed by atoms with Crippen LogP contribution >= 0.6 is 0 Å². The van der Waals surface area contributed by atoms with Gasteiger partial charge in [0, 0.05) is 11.4 Å². The molecule has 0 aliphatic heterocycles. The van der Waals surface area contributed by atoms with E-state index >= 15 is 4.39 Å². The van der Waals surface area contributed by atoms with Gasteiger partial charge >= 0.3 is 0 Å². The maximum absolute atomic E-state index is 15.4. The van der Waals surface area contributed by atoms with Gasteiger partial charge in [-0.25, -0.2) is 4.39 Å². The molecule has 1 spiro atoms. The highest BCUT2D eigenvalue weighted by atomic mass is 19.1. The van der Waals surface area contributed by atoms with Crippen molar-refractivity contribution < 1.29 is 4.39 Å². The molecule has 2 aliphatic carbocycles. The quantitative estimate of drug-likeness (QED) is 0.195. The number of halogens is 1. The highest BCUT2D eigenvalue weighted by molar-refractivity contribution is 6.07. The van der Waals surface area contributed by atoms with Gasteiger partial charge < -0.3 is 4.90 Å². The third kappa shape index (κ3) is 3.53. The number of rotatable bonds is 3. The first-order chi connectivity index (χ1) is 23.2. The van der Waals surface area contributed by atoms with E-state index in [9.17, 15) is 0 Å². The Morgan fingerprint density at radius 2 is 1.04 bits per heavy atom. The van der Waals surface area contributed by atoms with E-state index in [4.69, 9.17) is 0 Å². The van der Waals surface area contributed by atoms with Crippen LogP contribution in [-0.4, -0.2) is 0 Å². The molecule has 0 fully saturated rings. The minimum atomic E-state index is -0.465. The van der Waals surface area contributed by atoms with Crippen LogP contribution in [0.1, 0.15) is 22.3 Å². The van der Waals surface area contributed by atoms with Crippen LogP contribution in [-0.2, 0) is 5.41 Å². The molecule has 2 heteroatoms. The van der Waals surface area contributed by atoms with Crippen LogP contribution in [0.4, 0.5) is 21.5 Å². The Morgan fingerprint density at radius 3 is 1.79 bits per heavy atom. The maximum atomic E-state index is 15.4. The molecule has 0 saturated heterocycles. The third-order valence-electron chi connectivity index (χ3n) is 10.3. The van der Waals surface area contributed by atoms with Gasteiger partial charge in [-0.05, 0) is 115 Å². The molecule has 0 radical (unpaired) electrons. The van der Waals surface area contributed by atoms with Gasteiger partial charge in [-0.2, -0.15) is 0 Å². The number of hydrogen-bond acceptors (Lipinski definition) is 1. The lowest BCUT2D eigenvalue weighted by atomic mass is 9.69. The summed E-state index contributed by atoms with van der Waals surface area (Å²) in [7, 11) is 0. The molecule has 8 aromatic carbocycles. The van der Waals surface area contributed by atoms with E-state index in [0.717, 1.165) is 16.8 Å². The van der Waals surface area contributed by atoms with Crippen molar-refractivity contribution in [2.24, 2.45) is 0 Å². The Morgan fingerprint density at radius 1 is 0.404 bits per heavy atom. The van der Waals surface area contributed by atoms with Crippen LogP contribution in [0.25, 0.3) is 43.8 Å². The van der Waals surface area contributed by atoms with Gasteiger partial charge in [0.25, 0.3) is 0 Å². The fraction of sp³-hybridized carbons (Fsp3) is 0.0222. The van der Waals surface area contributed by atoms with Crippen LogP contribution < -0.4 is 4.90 Å². The summed E-state index contributed by atoms with van der Waals surface area (Å²) in [5.74, 6) is -0.258. The molecule has 0 unspecified atom stereocenters. The molecule has 2 aliphatic rings. The molecule has 0 bridgehead atoms. The summed E-state index contributed by atoms with van der Waals surface area (Å²) in [6.45, 7) is 0. The summed E-state index contributed by atoms with van der Waals surface area (Å²) in [6.07, 6.45) is 0. The van der Waals surface area contributed by atoms with Gasteiger partial charge in [-0.15, -0.1) is 0 Å². The first-order valence-corrected chi connectivity index (χ1v) is 16.1. The summed E-state index contributed by atoms with van der Waals surface area (Å²) >= 11 is 0. The highest BCUT2D eigenvalue weighted by Gasteiger charge is 2.52. The Balaban J connectivity index is 1.30. The second-order valence-electron chi connectivity index (χ2n) is 12.6. The first kappa shape index (κ1) is 26.2. The average Bonchev–Trinajstić information content (AvgIpc) is 3.59. The molecule has 0 saturated carbocycles. The zero-order valence-electron chi connectivity index (χ0n) is 25.5. The number of benzene rings is 8. The second-order valence-corrected chi connectivity index (χ2v) is 12.6. The van der Waals surface area contributed by atoms with Crippen LogP contribution in [0.2, 0.25) is 0 Å². The summed E-state index contributed by atoms with van der Waals surface area (Å²) in [6, 6.07) is 59.6. The molecule has 220 valence electrons. The Kier molecular flexibility index (Phi) is 5.45. The molecule has 47 heavy (non-hydrogen) atoms. The maximum Gasteiger partial charge on any atom is 0.147 e. The normalized spacial score (nSPS) is 13.4. The third-order valence-corrected chi connectivity index (χ3v) is 10.3. The minimum Gasteiger partial charge on any atom is -0.308 e. The molecule has 10 rings (SSSR count). The molecular formula is C45H28FN. The van der Waals surface area contributed by atoms with Gasteiger partial charge in [0.1, 0.15) is 5.82 Å². The van der Waals surface area contributed by atoms with Gasteiger partial charge in [0.15, 0.2) is 0 Å². The van der Waals surface area contributed by atoms with E-state index in [1.165, 1.54) is 66.7 Å². The van der Waals surface area contributed by atoms with Crippen molar-refractivity contribution >= 4 is 38.6 Å². The summed E-state index contributed by atoms with van der Waals surface area (Å²) < 4.78 is 15.4. The second kappa shape index (κ2) is 9.75. The highest BCUT2D eigenvalue weighted by Crippen LogP contribution is 2.64. The largest absolute Gasteiger partial charge is 0.308 e. The topological polar surface area (TPSA) is 3.24 Å². The number of nitrogens with zero attached hydrogens (tertiary/aromatic N) is 1. The van der Waals surface area contributed by atoms with Crippen LogP contribution in [0.5, 0.6) is 0 Å². The van der Waals surface area contributed by atoms with Crippen LogP contribution in [0.15, 0.2) is 170 Å². The number of anilines is 3. The van der Waals surface area contributed by atoms with Crippen molar-refractivity contribution in [2.45, 2.75) is 5.41 Å². The van der Waals surface area contributed by atoms with E-state index in [-0.39, 0.29) is 5.82 Å². The van der Waals surface area contributed by atoms with E-state index in [0.29, 0.717) is 5.69 Å². The van der Waals surface area contributed by atoms with Gasteiger partial charge in [0.05, 0.1) is 11.1 Å². The Hall–Kier alpha value is -5.99. The predicted octanol–water partition coefficient (Wildman–Crippen LogP) is 11.9. The van der Waals surface area contributed by atoms with Crippen LogP contribution in [0.3, 0.4) is 0 Å². The number of para-hydroxylation sites is 2. The molecular weight excluding hydrogens is 574 g/mol. The van der Waals surface area contributed by atoms with Gasteiger partial charge in [-0.1, -0.05) is 121 Å². The predicted molar refractivity (Wildman–Crippen MR) is 192 cm³/mol. The van der Waals surface area contributed by atoms with Crippen molar-refractivity contribution in [3.8, 4) is 22.3 Å². The zero-order chi connectivity index (χ0) is 31.1. The summed E-state index contributed by atoms with van der Waals surface area (Å²) in [4.78, 5) is 2.01. The minimum absolute atomic E-state index is 0.258. The average molecular weight is 602 g/mol. The standard InChI is InChI=1S/C45H28FN/c46-42-20-10-11-21-43(42)47(32-14-2-1-3-15-32)33-23-25-34-31(26-33)22-24-37-38-27-29-12-4-5-13-30(29)28-41(38)45(44(34)37)39-18-8-6-16-35(39)36-17-7-9-19-40(36)45/h1-28H. The van der Waals surface area contributed by atoms with Crippen molar-refractivity contribution in [3.05, 3.63) is 198 Å². The first-order valence-electron chi connectivity index (χ1n) is 16.1. The van der Waals surface area contributed by atoms with Gasteiger partial charge in [-0.3, -0.25) is 0 Å². The Bertz CT molecular complexity index is 2500. The van der Waals surface area contributed by atoms with E-state index in [2.05, 4.69) is 115 Å². The summed E-state index contributed by atoms with van der Waals surface area (Å²) in [5, 5.41) is 4.82. The molecule has 0 heterocycles. The summed E-state index contributed by atoms with van der Waals surface area (Å²) in [5.41, 5.74) is 12.3. The van der Waals surface area contributed by atoms with Crippen molar-refractivity contribution in [1.82, 2.24) is 0 Å². The molecule has 8 aromatic rings. The Labute approximate surface area is 272 Å². The zero-order valence-corrected chi connectivity index (χ0v) is 25.5. The smallest absolute Gasteiger partial charge is 0.147 e. The van der Waals surface area contributed by atoms with Crippen molar-refractivity contribution in [3.63, 3.8) is 0 Å². The molecule has 0 aromatic heterocycles. The SMILES string of the molecule is Fc1ccccc1N(c1ccccc1)c1ccc2c3c(ccc2c1)-c1cc2ccccc2cc1C31c2ccccc2-c2ccccc21. The van der Waals surface area contributed by atoms with Crippen molar-refractivity contribution in [1.29, 1.82) is 0 Å². The van der Waals surface area contributed by atoms with E-state index < -0.39 is 5.41 Å². The molecule has 0 N–H and O–H groups in total. The molecule has 0 amide bonds. The van der Waals surface area contributed by atoms with E-state index in [1.807, 2.05) is 47.4 Å². The fourth-order valence-corrected chi connectivity index (χ4v) is 8.42.